The van der Waals surface area contributed by atoms with Crippen molar-refractivity contribution in [1.82, 2.24) is 21.0 Å². The summed E-state index contributed by atoms with van der Waals surface area (Å²) in [6, 6.07) is 5.51. The molecule has 0 fully saturated rings. The molecule has 6 N–H and O–H groups in total. The highest BCUT2D eigenvalue weighted by Crippen LogP contribution is 2.29. The van der Waals surface area contributed by atoms with Crippen LogP contribution < -0.4 is 20.7 Å². The van der Waals surface area contributed by atoms with Crippen LogP contribution in [-0.2, 0) is 14.4 Å². The number of carboxylic acids is 1. The zero-order valence-electron chi connectivity index (χ0n) is 25.2. The number of hydrogen-bond donors (Lipinski definition) is 6. The van der Waals surface area contributed by atoms with Gasteiger partial charge in [-0.3, -0.25) is 24.4 Å². The van der Waals surface area contributed by atoms with Crippen LogP contribution >= 0.6 is 0 Å². The lowest BCUT2D eigenvalue weighted by atomic mass is 9.90. The van der Waals surface area contributed by atoms with Crippen LogP contribution in [0.5, 0.6) is 5.75 Å². The summed E-state index contributed by atoms with van der Waals surface area (Å²) >= 11 is 0. The van der Waals surface area contributed by atoms with Crippen LogP contribution in [0.2, 0.25) is 0 Å². The molecular formula is C30H42N4O10. The van der Waals surface area contributed by atoms with Crippen LogP contribution in [0.25, 0.3) is 11.3 Å². The van der Waals surface area contributed by atoms with E-state index in [2.05, 4.69) is 16.0 Å². The van der Waals surface area contributed by atoms with Gasteiger partial charge in [0.1, 0.15) is 17.6 Å². The van der Waals surface area contributed by atoms with E-state index in [1.165, 1.54) is 18.2 Å². The first kappa shape index (κ1) is 35.8. The first-order valence-corrected chi connectivity index (χ1v) is 14.6. The Morgan fingerprint density at radius 2 is 1.77 bits per heavy atom. The molecule has 1 aromatic carbocycles. The number of aliphatic hydroxyl groups is 1. The molecule has 3 atom stereocenters. The van der Waals surface area contributed by atoms with Crippen molar-refractivity contribution in [1.29, 1.82) is 0 Å². The lowest BCUT2D eigenvalue weighted by Crippen LogP contribution is -2.47. The Balaban J connectivity index is 2.10. The Kier molecular flexibility index (Phi) is 14.9. The van der Waals surface area contributed by atoms with Crippen molar-refractivity contribution in [2.45, 2.75) is 71.4 Å². The molecule has 14 heteroatoms. The zero-order chi connectivity index (χ0) is 32.6. The summed E-state index contributed by atoms with van der Waals surface area (Å²) in [5.41, 5.74) is 0.558. The van der Waals surface area contributed by atoms with Gasteiger partial charge in [0.15, 0.2) is 5.76 Å². The topological polar surface area (TPSA) is 208 Å². The van der Waals surface area contributed by atoms with Gasteiger partial charge in [-0.05, 0) is 44.0 Å². The third kappa shape index (κ3) is 10.1. The van der Waals surface area contributed by atoms with Crippen LogP contribution in [0.15, 0.2) is 34.7 Å². The third-order valence-corrected chi connectivity index (χ3v) is 6.96. The molecule has 0 aliphatic carbocycles. The number of amides is 4. The van der Waals surface area contributed by atoms with Crippen LogP contribution in [-0.4, -0.2) is 82.6 Å². The normalized spacial score (nSPS) is 12.8. The molecule has 2 aromatic rings. The predicted octanol–water partition coefficient (Wildman–Crippen LogP) is 2.54. The fraction of sp³-hybridized carbons (Fsp3) is 0.500. The van der Waals surface area contributed by atoms with Crippen molar-refractivity contribution in [2.75, 3.05) is 19.9 Å². The quantitative estimate of drug-likeness (QED) is 0.0420. The molecule has 0 radical (unpaired) electrons. The Labute approximate surface area is 255 Å². The van der Waals surface area contributed by atoms with E-state index in [0.29, 0.717) is 23.5 Å². The van der Waals surface area contributed by atoms with E-state index >= 15 is 0 Å². The summed E-state index contributed by atoms with van der Waals surface area (Å²) in [7, 11) is 0. The molecule has 2 rings (SSSR count). The molecule has 1 heterocycles. The number of carboxylic acid groups (broad SMARTS) is 1. The molecule has 1 aromatic heterocycles. The molecule has 0 saturated carbocycles. The number of hydrogen-bond acceptors (Lipinski definition) is 9. The second-order valence-corrected chi connectivity index (χ2v) is 9.97. The van der Waals surface area contributed by atoms with Crippen LogP contribution in [0, 0.1) is 5.92 Å². The molecule has 0 aliphatic rings. The van der Waals surface area contributed by atoms with E-state index < -0.39 is 48.3 Å². The number of aliphatic carboxylic acids is 1. The average molecular weight is 619 g/mol. The molecule has 14 nitrogen and oxygen atoms in total. The van der Waals surface area contributed by atoms with Crippen molar-refractivity contribution in [3.05, 3.63) is 41.7 Å². The maximum absolute atomic E-state index is 12.9. The number of carbonyl (C=O) groups is 5. The van der Waals surface area contributed by atoms with Gasteiger partial charge in [0.05, 0.1) is 30.8 Å². The molecule has 0 spiro atoms. The fourth-order valence-corrected chi connectivity index (χ4v) is 4.65. The van der Waals surface area contributed by atoms with E-state index in [1.807, 2.05) is 6.92 Å². The SMILES string of the molecule is CCCCCC(C(=O)NCNC(=O)c1ccc(-c2ccc(C(=O)NC(CCO)C(=O)O)c(OCC)c2)o1)C(CC)N(O)C=O. The average Bonchev–Trinajstić information content (AvgIpc) is 3.51. The number of carbonyl (C=O) groups excluding carboxylic acids is 4. The smallest absolute Gasteiger partial charge is 0.326 e. The fourth-order valence-electron chi connectivity index (χ4n) is 4.65. The van der Waals surface area contributed by atoms with Crippen LogP contribution in [0.4, 0.5) is 0 Å². The Morgan fingerprint density at radius 1 is 1.02 bits per heavy atom. The highest BCUT2D eigenvalue weighted by Gasteiger charge is 2.30. The Bertz CT molecular complexity index is 1260. The highest BCUT2D eigenvalue weighted by molar-refractivity contribution is 5.99. The number of rotatable bonds is 20. The summed E-state index contributed by atoms with van der Waals surface area (Å²) in [6.45, 7) is 5.08. The van der Waals surface area contributed by atoms with E-state index in [0.717, 1.165) is 19.3 Å². The molecule has 0 bridgehead atoms. The van der Waals surface area contributed by atoms with Crippen LogP contribution in [0.1, 0.15) is 80.2 Å². The third-order valence-electron chi connectivity index (χ3n) is 6.96. The number of aliphatic hydroxyl groups excluding tert-OH is 1. The van der Waals surface area contributed by atoms with Crippen molar-refractivity contribution in [3.63, 3.8) is 0 Å². The van der Waals surface area contributed by atoms with Crippen LogP contribution in [0.3, 0.4) is 0 Å². The first-order valence-electron chi connectivity index (χ1n) is 14.6. The predicted molar refractivity (Wildman–Crippen MR) is 158 cm³/mol. The summed E-state index contributed by atoms with van der Waals surface area (Å²) in [6.07, 6.45) is 3.51. The number of benzene rings is 1. The van der Waals surface area contributed by atoms with Crippen molar-refractivity contribution in [2.24, 2.45) is 5.92 Å². The molecule has 3 unspecified atom stereocenters. The van der Waals surface area contributed by atoms with Crippen molar-refractivity contribution in [3.8, 4) is 17.1 Å². The van der Waals surface area contributed by atoms with Gasteiger partial charge in [-0.25, -0.2) is 9.86 Å². The second kappa shape index (κ2) is 18.3. The van der Waals surface area contributed by atoms with Crippen molar-refractivity contribution < 1.29 is 48.5 Å². The number of hydroxylamine groups is 2. The second-order valence-electron chi connectivity index (χ2n) is 9.97. The van der Waals surface area contributed by atoms with Gasteiger partial charge in [0.25, 0.3) is 11.8 Å². The van der Waals surface area contributed by atoms with Gasteiger partial charge in [0, 0.05) is 18.6 Å². The number of nitrogens with zero attached hydrogens (tertiary/aromatic N) is 1. The van der Waals surface area contributed by atoms with Gasteiger partial charge in [0.2, 0.25) is 12.3 Å². The number of furan rings is 1. The number of ether oxygens (including phenoxy) is 1. The van der Waals surface area contributed by atoms with Gasteiger partial charge in [-0.1, -0.05) is 39.2 Å². The molecule has 0 saturated heterocycles. The Hall–Kier alpha value is -4.43. The maximum Gasteiger partial charge on any atom is 0.326 e. The maximum atomic E-state index is 12.9. The van der Waals surface area contributed by atoms with E-state index in [1.54, 1.807) is 26.0 Å². The summed E-state index contributed by atoms with van der Waals surface area (Å²) in [5, 5.41) is 36.4. The summed E-state index contributed by atoms with van der Waals surface area (Å²) < 4.78 is 11.3. The first-order chi connectivity index (χ1) is 21.1. The van der Waals surface area contributed by atoms with E-state index in [4.69, 9.17) is 14.3 Å². The molecule has 44 heavy (non-hydrogen) atoms. The largest absolute Gasteiger partial charge is 0.493 e. The number of nitrogens with one attached hydrogen (secondary N) is 3. The van der Waals surface area contributed by atoms with Gasteiger partial charge in [-0.15, -0.1) is 0 Å². The van der Waals surface area contributed by atoms with Gasteiger partial charge in [-0.2, -0.15) is 0 Å². The molecule has 0 aliphatic heterocycles. The zero-order valence-corrected chi connectivity index (χ0v) is 25.2. The highest BCUT2D eigenvalue weighted by atomic mass is 16.5. The monoisotopic (exact) mass is 618 g/mol. The lowest BCUT2D eigenvalue weighted by Gasteiger charge is -2.29. The molecular weight excluding hydrogens is 576 g/mol. The minimum Gasteiger partial charge on any atom is -0.493 e. The standard InChI is InChI=1S/C30H42N4O10/c1-4-7-8-9-20(23(5-2)34(42)18-36)27(37)31-17-32-29(39)25-13-12-24(44-25)19-10-11-21(26(16-19)43-6-3)28(38)33-22(14-15-35)30(40)41/h10-13,16,18,20,22-23,35,42H,4-9,14-15,17H2,1-3H3,(H,31,37)(H,32,39)(H,33,38)(H,40,41). The Morgan fingerprint density at radius 3 is 2.39 bits per heavy atom. The van der Waals surface area contributed by atoms with Gasteiger partial charge >= 0.3 is 5.97 Å². The summed E-state index contributed by atoms with van der Waals surface area (Å²) in [5.74, 6) is -3.25. The minimum atomic E-state index is -1.28. The number of unbranched alkanes of at least 4 members (excludes halogenated alkanes) is 2. The van der Waals surface area contributed by atoms with Gasteiger partial charge < -0.3 is 35.3 Å². The van der Waals surface area contributed by atoms with E-state index in [-0.39, 0.29) is 48.9 Å². The van der Waals surface area contributed by atoms with E-state index in [9.17, 15) is 34.3 Å². The molecule has 4 amide bonds. The minimum absolute atomic E-state index is 0.0456. The molecule has 242 valence electrons. The van der Waals surface area contributed by atoms with Crippen molar-refractivity contribution >= 4 is 30.1 Å². The summed E-state index contributed by atoms with van der Waals surface area (Å²) in [4.78, 5) is 60.9. The lowest BCUT2D eigenvalue weighted by molar-refractivity contribution is -0.168.